The maximum Gasteiger partial charge on any atom is 0.338 e. The number of carboxylic acids is 1. The Morgan fingerprint density at radius 1 is 1.72 bits per heavy atom. The molecule has 4 nitrogen and oxygen atoms in total. The molecule has 0 aliphatic carbocycles. The van der Waals surface area contributed by atoms with Crippen LogP contribution in [0.25, 0.3) is 0 Å². The molecule has 0 radical (unpaired) electrons. The van der Waals surface area contributed by atoms with Crippen molar-refractivity contribution in [1.29, 1.82) is 0 Å². The lowest BCUT2D eigenvalue weighted by Gasteiger charge is -2.33. The van der Waals surface area contributed by atoms with Crippen LogP contribution in [-0.2, 0) is 0 Å². The summed E-state index contributed by atoms with van der Waals surface area (Å²) in [5, 5.41) is 9.35. The zero-order valence-electron chi connectivity index (χ0n) is 10.1. The molecule has 1 aromatic heterocycles. The standard InChI is InChI=1S/C12H15FN2O2S/c1-2-8-7-15(5-6-18-8)11-10(13)9(12(16)17)3-4-14-11/h3-4,8H,2,5-7H2,1H3,(H,16,17). The Hall–Kier alpha value is -1.30. The van der Waals surface area contributed by atoms with Crippen LogP contribution in [-0.4, -0.2) is 40.2 Å². The van der Waals surface area contributed by atoms with Crippen LogP contribution in [0, 0.1) is 5.82 Å². The minimum Gasteiger partial charge on any atom is -0.478 e. The SMILES string of the molecule is CCC1CN(c2nccc(C(=O)O)c2F)CCS1. The average molecular weight is 270 g/mol. The van der Waals surface area contributed by atoms with E-state index in [1.54, 1.807) is 0 Å². The van der Waals surface area contributed by atoms with E-state index < -0.39 is 11.8 Å². The van der Waals surface area contributed by atoms with Crippen molar-refractivity contribution < 1.29 is 14.3 Å². The Bertz CT molecular complexity index is 456. The van der Waals surface area contributed by atoms with Crippen LogP contribution in [0.4, 0.5) is 10.2 Å². The lowest BCUT2D eigenvalue weighted by Crippen LogP contribution is -2.38. The van der Waals surface area contributed by atoms with Crippen molar-refractivity contribution in [3.05, 3.63) is 23.6 Å². The monoisotopic (exact) mass is 270 g/mol. The Morgan fingerprint density at radius 2 is 2.50 bits per heavy atom. The van der Waals surface area contributed by atoms with Gasteiger partial charge < -0.3 is 10.0 Å². The summed E-state index contributed by atoms with van der Waals surface area (Å²) >= 11 is 1.87. The summed E-state index contributed by atoms with van der Waals surface area (Å²) in [6.45, 7) is 3.51. The fourth-order valence-electron chi connectivity index (χ4n) is 1.98. The first-order valence-electron chi connectivity index (χ1n) is 5.87. The van der Waals surface area contributed by atoms with Crippen LogP contribution in [0.5, 0.6) is 0 Å². The summed E-state index contributed by atoms with van der Waals surface area (Å²) in [5.41, 5.74) is -0.314. The summed E-state index contributed by atoms with van der Waals surface area (Å²) in [4.78, 5) is 16.7. The minimum atomic E-state index is -1.26. The molecule has 1 unspecified atom stereocenters. The lowest BCUT2D eigenvalue weighted by molar-refractivity contribution is 0.0691. The zero-order chi connectivity index (χ0) is 13.1. The largest absolute Gasteiger partial charge is 0.478 e. The Morgan fingerprint density at radius 3 is 3.17 bits per heavy atom. The molecular weight excluding hydrogens is 255 g/mol. The van der Waals surface area contributed by atoms with Crippen LogP contribution < -0.4 is 4.90 Å². The fourth-order valence-corrected chi connectivity index (χ4v) is 3.16. The Balaban J connectivity index is 2.27. The van der Waals surface area contributed by atoms with E-state index in [0.717, 1.165) is 12.2 Å². The highest BCUT2D eigenvalue weighted by molar-refractivity contribution is 8.00. The lowest BCUT2D eigenvalue weighted by atomic mass is 10.2. The third-order valence-corrected chi connectivity index (χ3v) is 4.37. The summed E-state index contributed by atoms with van der Waals surface area (Å²) < 4.78 is 14.0. The molecule has 0 saturated carbocycles. The highest BCUT2D eigenvalue weighted by atomic mass is 32.2. The molecule has 1 saturated heterocycles. The van der Waals surface area contributed by atoms with Crippen molar-refractivity contribution in [3.8, 4) is 0 Å². The number of thioether (sulfide) groups is 1. The van der Waals surface area contributed by atoms with E-state index in [4.69, 9.17) is 5.11 Å². The molecule has 1 fully saturated rings. The molecule has 98 valence electrons. The molecule has 1 aliphatic rings. The van der Waals surface area contributed by atoms with E-state index in [1.165, 1.54) is 12.3 Å². The van der Waals surface area contributed by atoms with Gasteiger partial charge in [-0.15, -0.1) is 0 Å². The highest BCUT2D eigenvalue weighted by Gasteiger charge is 2.24. The maximum absolute atomic E-state index is 14.0. The van der Waals surface area contributed by atoms with Crippen molar-refractivity contribution in [2.24, 2.45) is 0 Å². The second-order valence-electron chi connectivity index (χ2n) is 4.15. The van der Waals surface area contributed by atoms with Gasteiger partial charge in [-0.1, -0.05) is 6.92 Å². The van der Waals surface area contributed by atoms with Crippen molar-refractivity contribution in [2.45, 2.75) is 18.6 Å². The topological polar surface area (TPSA) is 53.4 Å². The molecule has 1 atom stereocenters. The van der Waals surface area contributed by atoms with E-state index >= 15 is 0 Å². The van der Waals surface area contributed by atoms with Gasteiger partial charge in [0.1, 0.15) is 5.56 Å². The number of halogens is 1. The molecule has 0 spiro atoms. The number of anilines is 1. The molecule has 0 aromatic carbocycles. The number of hydrogen-bond donors (Lipinski definition) is 1. The van der Waals surface area contributed by atoms with E-state index in [-0.39, 0.29) is 11.4 Å². The van der Waals surface area contributed by atoms with Crippen molar-refractivity contribution in [3.63, 3.8) is 0 Å². The Labute approximate surface area is 109 Å². The van der Waals surface area contributed by atoms with Crippen molar-refractivity contribution in [2.75, 3.05) is 23.7 Å². The number of aromatic carboxylic acids is 1. The molecule has 0 bridgehead atoms. The van der Waals surface area contributed by atoms with Gasteiger partial charge in [0.15, 0.2) is 11.6 Å². The summed E-state index contributed by atoms with van der Waals surface area (Å²) in [7, 11) is 0. The molecule has 6 heteroatoms. The number of aromatic nitrogens is 1. The van der Waals surface area contributed by atoms with Gasteiger partial charge in [-0.2, -0.15) is 11.8 Å². The zero-order valence-corrected chi connectivity index (χ0v) is 10.9. The van der Waals surface area contributed by atoms with Crippen LogP contribution in [0.1, 0.15) is 23.7 Å². The number of pyridine rings is 1. The van der Waals surface area contributed by atoms with Gasteiger partial charge in [0.05, 0.1) is 0 Å². The van der Waals surface area contributed by atoms with Gasteiger partial charge in [0.25, 0.3) is 0 Å². The van der Waals surface area contributed by atoms with E-state index in [0.29, 0.717) is 18.3 Å². The summed E-state index contributed by atoms with van der Waals surface area (Å²) in [6.07, 6.45) is 2.37. The molecule has 2 heterocycles. The molecular formula is C12H15FN2O2S. The Kier molecular flexibility index (Phi) is 4.06. The molecule has 0 amide bonds. The molecule has 1 aromatic rings. The van der Waals surface area contributed by atoms with Crippen LogP contribution in [0.2, 0.25) is 0 Å². The average Bonchev–Trinajstić information content (AvgIpc) is 2.38. The van der Waals surface area contributed by atoms with E-state index in [1.807, 2.05) is 16.7 Å². The molecule has 18 heavy (non-hydrogen) atoms. The number of rotatable bonds is 3. The third-order valence-electron chi connectivity index (χ3n) is 2.99. The molecule has 1 aliphatic heterocycles. The van der Waals surface area contributed by atoms with Crippen LogP contribution in [0.15, 0.2) is 12.3 Å². The van der Waals surface area contributed by atoms with Crippen LogP contribution in [0.3, 0.4) is 0 Å². The second-order valence-corrected chi connectivity index (χ2v) is 5.56. The first-order chi connectivity index (χ1) is 8.63. The van der Waals surface area contributed by atoms with Gasteiger partial charge in [0.2, 0.25) is 0 Å². The van der Waals surface area contributed by atoms with Gasteiger partial charge in [-0.3, -0.25) is 0 Å². The fraction of sp³-hybridized carbons (Fsp3) is 0.500. The highest BCUT2D eigenvalue weighted by Crippen LogP contribution is 2.27. The van der Waals surface area contributed by atoms with Gasteiger partial charge in [0, 0.05) is 30.3 Å². The molecule has 1 N–H and O–H groups in total. The predicted octanol–water partition coefficient (Wildman–Crippen LogP) is 2.25. The quantitative estimate of drug-likeness (QED) is 0.913. The second kappa shape index (κ2) is 5.56. The smallest absolute Gasteiger partial charge is 0.338 e. The normalized spacial score (nSPS) is 19.9. The number of nitrogens with zero attached hydrogens (tertiary/aromatic N) is 2. The summed E-state index contributed by atoms with van der Waals surface area (Å²) in [5.74, 6) is -0.910. The number of hydrogen-bond acceptors (Lipinski definition) is 4. The van der Waals surface area contributed by atoms with Gasteiger partial charge in [-0.25, -0.2) is 14.2 Å². The van der Waals surface area contributed by atoms with Crippen molar-refractivity contribution >= 4 is 23.5 Å². The third kappa shape index (κ3) is 2.58. The predicted molar refractivity (Wildman–Crippen MR) is 69.9 cm³/mol. The van der Waals surface area contributed by atoms with Gasteiger partial charge in [-0.05, 0) is 12.5 Å². The maximum atomic E-state index is 14.0. The first kappa shape index (κ1) is 13.1. The minimum absolute atomic E-state index is 0.161. The van der Waals surface area contributed by atoms with E-state index in [2.05, 4.69) is 11.9 Å². The number of carbonyl (C=O) groups is 1. The summed E-state index contributed by atoms with van der Waals surface area (Å²) in [6, 6.07) is 1.19. The first-order valence-corrected chi connectivity index (χ1v) is 6.92. The van der Waals surface area contributed by atoms with Crippen molar-refractivity contribution in [1.82, 2.24) is 4.98 Å². The van der Waals surface area contributed by atoms with Crippen LogP contribution >= 0.6 is 11.8 Å². The number of carboxylic acid groups (broad SMARTS) is 1. The van der Waals surface area contributed by atoms with E-state index in [9.17, 15) is 9.18 Å². The van der Waals surface area contributed by atoms with Gasteiger partial charge >= 0.3 is 5.97 Å². The molecule has 2 rings (SSSR count).